The van der Waals surface area contributed by atoms with Gasteiger partial charge in [0.15, 0.2) is 5.65 Å². The standard InChI is InChI=1S/C32H35FN4O4/c1-41-25-12-10-24(11-13-25)37-17-14-28-29(37)34-21-36(31(28)39)20-32(40)15-18-35(19-16-32)30(38)27-5-3-2-4-26(27)22-6-8-23(33)9-7-22/h6-14,17,21,26-27,40H,2-5,15-16,18-20H2,1H3. The highest BCUT2D eigenvalue weighted by atomic mass is 19.1. The Morgan fingerprint density at radius 1 is 1.05 bits per heavy atom. The van der Waals surface area contributed by atoms with E-state index in [1.54, 1.807) is 25.3 Å². The number of ether oxygens (including phenoxy) is 1. The van der Waals surface area contributed by atoms with Crippen molar-refractivity contribution in [3.8, 4) is 11.4 Å². The average molecular weight is 559 g/mol. The van der Waals surface area contributed by atoms with Crippen molar-refractivity contribution in [1.29, 1.82) is 0 Å². The lowest BCUT2D eigenvalue weighted by molar-refractivity contribution is -0.142. The van der Waals surface area contributed by atoms with Gasteiger partial charge < -0.3 is 19.3 Å². The summed E-state index contributed by atoms with van der Waals surface area (Å²) in [5, 5.41) is 11.9. The van der Waals surface area contributed by atoms with Crippen molar-refractivity contribution in [2.45, 2.75) is 56.6 Å². The second-order valence-electron chi connectivity index (χ2n) is 11.4. The molecule has 9 heteroatoms. The van der Waals surface area contributed by atoms with Crippen molar-refractivity contribution in [3.63, 3.8) is 0 Å². The smallest absolute Gasteiger partial charge is 0.262 e. The zero-order valence-corrected chi connectivity index (χ0v) is 23.2. The van der Waals surface area contributed by atoms with Crippen LogP contribution >= 0.6 is 0 Å². The van der Waals surface area contributed by atoms with Gasteiger partial charge in [0, 0.05) is 30.9 Å². The summed E-state index contributed by atoms with van der Waals surface area (Å²) in [6.45, 7) is 0.979. The van der Waals surface area contributed by atoms with Crippen molar-refractivity contribution in [2.24, 2.45) is 5.92 Å². The van der Waals surface area contributed by atoms with Gasteiger partial charge in [-0.3, -0.25) is 14.2 Å². The number of fused-ring (bicyclic) bond motifs is 1. The maximum atomic E-state index is 13.6. The summed E-state index contributed by atoms with van der Waals surface area (Å²) in [6.07, 6.45) is 7.86. The maximum Gasteiger partial charge on any atom is 0.262 e. The van der Waals surface area contributed by atoms with E-state index in [2.05, 4.69) is 4.98 Å². The van der Waals surface area contributed by atoms with Gasteiger partial charge in [0.05, 0.1) is 24.6 Å². The Morgan fingerprint density at radius 3 is 2.46 bits per heavy atom. The van der Waals surface area contributed by atoms with Crippen LogP contribution < -0.4 is 10.3 Å². The largest absolute Gasteiger partial charge is 0.497 e. The highest BCUT2D eigenvalue weighted by Crippen LogP contribution is 2.39. The third-order valence-electron chi connectivity index (χ3n) is 8.87. The fraction of sp³-hybridized carbons (Fsp3) is 0.406. The summed E-state index contributed by atoms with van der Waals surface area (Å²) in [4.78, 5) is 33.4. The van der Waals surface area contributed by atoms with E-state index < -0.39 is 5.60 Å². The van der Waals surface area contributed by atoms with Gasteiger partial charge in [-0.1, -0.05) is 25.0 Å². The number of amides is 1. The van der Waals surface area contributed by atoms with E-state index in [4.69, 9.17) is 4.74 Å². The van der Waals surface area contributed by atoms with Gasteiger partial charge in [0.1, 0.15) is 17.9 Å². The van der Waals surface area contributed by atoms with E-state index in [0.717, 1.165) is 42.7 Å². The molecule has 1 saturated carbocycles. The number of rotatable bonds is 6. The van der Waals surface area contributed by atoms with E-state index in [9.17, 15) is 19.1 Å². The molecule has 2 atom stereocenters. The molecule has 1 aliphatic carbocycles. The van der Waals surface area contributed by atoms with Crippen LogP contribution in [0, 0.1) is 11.7 Å². The van der Waals surface area contributed by atoms with Crippen molar-refractivity contribution in [2.75, 3.05) is 20.2 Å². The molecular formula is C32H35FN4O4. The molecule has 1 saturated heterocycles. The number of aliphatic hydroxyl groups is 1. The number of piperidine rings is 1. The molecule has 214 valence electrons. The molecule has 8 nitrogen and oxygen atoms in total. The van der Waals surface area contributed by atoms with E-state index in [1.807, 2.05) is 39.9 Å². The van der Waals surface area contributed by atoms with Crippen LogP contribution in [-0.4, -0.2) is 55.8 Å². The molecule has 0 bridgehead atoms. The van der Waals surface area contributed by atoms with E-state index in [1.165, 1.54) is 23.0 Å². The predicted octanol–water partition coefficient (Wildman–Crippen LogP) is 4.66. The number of methoxy groups -OCH3 is 1. The fourth-order valence-electron chi connectivity index (χ4n) is 6.51. The highest BCUT2D eigenvalue weighted by molar-refractivity contribution is 5.80. The second-order valence-corrected chi connectivity index (χ2v) is 11.4. The number of nitrogens with zero attached hydrogens (tertiary/aromatic N) is 4. The Kier molecular flexibility index (Phi) is 7.38. The molecule has 0 spiro atoms. The Morgan fingerprint density at radius 2 is 1.76 bits per heavy atom. The van der Waals surface area contributed by atoms with Crippen LogP contribution in [0.15, 0.2) is 71.9 Å². The average Bonchev–Trinajstić information content (AvgIpc) is 3.44. The molecule has 0 radical (unpaired) electrons. The molecule has 2 aromatic carbocycles. The number of hydrogen-bond donors (Lipinski definition) is 1. The van der Waals surface area contributed by atoms with Gasteiger partial charge in [0.25, 0.3) is 5.56 Å². The Bertz CT molecular complexity index is 1590. The number of hydrogen-bond acceptors (Lipinski definition) is 5. The SMILES string of the molecule is COc1ccc(-n2ccc3c(=O)n(CC4(O)CCN(C(=O)C5CCCCC5c5ccc(F)cc5)CC4)cnc32)cc1. The Balaban J connectivity index is 1.14. The number of benzene rings is 2. The molecule has 3 heterocycles. The van der Waals surface area contributed by atoms with Crippen molar-refractivity contribution < 1.29 is 19.0 Å². The highest BCUT2D eigenvalue weighted by Gasteiger charge is 2.39. The fourth-order valence-corrected chi connectivity index (χ4v) is 6.51. The molecule has 6 rings (SSSR count). The van der Waals surface area contributed by atoms with Gasteiger partial charge in [-0.25, -0.2) is 9.37 Å². The molecule has 1 N–H and O–H groups in total. The maximum absolute atomic E-state index is 13.6. The first-order valence-electron chi connectivity index (χ1n) is 14.3. The van der Waals surface area contributed by atoms with Crippen molar-refractivity contribution in [3.05, 3.63) is 88.9 Å². The summed E-state index contributed by atoms with van der Waals surface area (Å²) < 4.78 is 22.1. The number of likely N-dealkylation sites (tertiary alicyclic amines) is 1. The van der Waals surface area contributed by atoms with Crippen LogP contribution in [0.5, 0.6) is 5.75 Å². The lowest BCUT2D eigenvalue weighted by atomic mass is 9.74. The van der Waals surface area contributed by atoms with E-state index in [-0.39, 0.29) is 35.7 Å². The quantitative estimate of drug-likeness (QED) is 0.372. The summed E-state index contributed by atoms with van der Waals surface area (Å²) in [7, 11) is 1.61. The van der Waals surface area contributed by atoms with E-state index >= 15 is 0 Å². The van der Waals surface area contributed by atoms with Crippen LogP contribution in [-0.2, 0) is 11.3 Å². The van der Waals surface area contributed by atoms with Crippen LogP contribution in [0.3, 0.4) is 0 Å². The van der Waals surface area contributed by atoms with Crippen molar-refractivity contribution >= 4 is 16.9 Å². The first-order valence-corrected chi connectivity index (χ1v) is 14.3. The Hall–Kier alpha value is -3.98. The molecule has 2 aliphatic rings. The molecule has 1 amide bonds. The normalized spacial score (nSPS) is 20.7. The monoisotopic (exact) mass is 558 g/mol. The van der Waals surface area contributed by atoms with Crippen LogP contribution in [0.1, 0.15) is 50.0 Å². The molecule has 2 unspecified atom stereocenters. The lowest BCUT2D eigenvalue weighted by Crippen LogP contribution is -2.51. The van der Waals surface area contributed by atoms with Gasteiger partial charge in [-0.2, -0.15) is 0 Å². The zero-order chi connectivity index (χ0) is 28.6. The van der Waals surface area contributed by atoms with Gasteiger partial charge in [-0.05, 0) is 79.6 Å². The minimum atomic E-state index is -1.11. The summed E-state index contributed by atoms with van der Waals surface area (Å²) in [5.41, 5.74) is 1.10. The van der Waals surface area contributed by atoms with Crippen LogP contribution in [0.4, 0.5) is 4.39 Å². The minimum Gasteiger partial charge on any atom is -0.497 e. The number of carbonyl (C=O) groups excluding carboxylic acids is 1. The Labute approximate surface area is 238 Å². The number of carbonyl (C=O) groups is 1. The first kappa shape index (κ1) is 27.2. The van der Waals surface area contributed by atoms with E-state index in [0.29, 0.717) is 37.0 Å². The van der Waals surface area contributed by atoms with Gasteiger partial charge in [0.2, 0.25) is 5.91 Å². The number of halogens is 1. The third-order valence-corrected chi connectivity index (χ3v) is 8.87. The van der Waals surface area contributed by atoms with Gasteiger partial charge in [-0.15, -0.1) is 0 Å². The first-order chi connectivity index (χ1) is 19.8. The molecule has 2 aromatic heterocycles. The number of aromatic nitrogens is 3. The summed E-state index contributed by atoms with van der Waals surface area (Å²) in [5.74, 6) is 0.531. The van der Waals surface area contributed by atoms with Crippen LogP contribution in [0.25, 0.3) is 16.7 Å². The molecule has 1 aliphatic heterocycles. The van der Waals surface area contributed by atoms with Crippen LogP contribution in [0.2, 0.25) is 0 Å². The molecule has 41 heavy (non-hydrogen) atoms. The summed E-state index contributed by atoms with van der Waals surface area (Å²) >= 11 is 0. The summed E-state index contributed by atoms with van der Waals surface area (Å²) in [6, 6.07) is 15.8. The predicted molar refractivity (Wildman–Crippen MR) is 154 cm³/mol. The van der Waals surface area contributed by atoms with Gasteiger partial charge >= 0.3 is 0 Å². The lowest BCUT2D eigenvalue weighted by Gasteiger charge is -2.41. The zero-order valence-electron chi connectivity index (χ0n) is 23.2. The second kappa shape index (κ2) is 11.1. The minimum absolute atomic E-state index is 0.0826. The van der Waals surface area contributed by atoms with Crippen molar-refractivity contribution in [1.82, 2.24) is 19.0 Å². The molecule has 4 aromatic rings. The molecule has 2 fully saturated rings. The third kappa shape index (κ3) is 5.38. The molecular weight excluding hydrogens is 523 g/mol. The topological polar surface area (TPSA) is 89.6 Å².